The largest absolute Gasteiger partial charge is 0.497 e. The van der Waals surface area contributed by atoms with E-state index in [9.17, 15) is 8.42 Å². The Kier molecular flexibility index (Phi) is 4.58. The van der Waals surface area contributed by atoms with Crippen molar-refractivity contribution in [3.8, 4) is 5.75 Å². The summed E-state index contributed by atoms with van der Waals surface area (Å²) in [5, 5.41) is 0. The van der Waals surface area contributed by atoms with Crippen molar-refractivity contribution in [1.29, 1.82) is 0 Å². The van der Waals surface area contributed by atoms with Crippen LogP contribution in [0.4, 0.5) is 0 Å². The van der Waals surface area contributed by atoms with E-state index in [1.807, 2.05) is 0 Å². The third-order valence-corrected chi connectivity index (χ3v) is 3.87. The average molecular weight is 264 g/mol. The molecule has 0 heterocycles. The van der Waals surface area contributed by atoms with E-state index in [-0.39, 0.29) is 17.3 Å². The summed E-state index contributed by atoms with van der Waals surface area (Å²) in [6, 6.07) is 4.81. The van der Waals surface area contributed by atoms with Crippen LogP contribution in [0.1, 0.15) is 5.56 Å². The van der Waals surface area contributed by atoms with Crippen LogP contribution in [-0.4, -0.2) is 28.0 Å². The summed E-state index contributed by atoms with van der Waals surface area (Å²) in [5.41, 5.74) is 0.640. The SMILES string of the molecule is COc1ccc(S(=O)(=O)NCCCl)c(C)c1. The quantitative estimate of drug-likeness (QED) is 0.820. The van der Waals surface area contributed by atoms with Crippen molar-refractivity contribution in [2.45, 2.75) is 11.8 Å². The highest BCUT2D eigenvalue weighted by Gasteiger charge is 2.16. The monoisotopic (exact) mass is 263 g/mol. The Hall–Kier alpha value is -0.780. The second kappa shape index (κ2) is 5.52. The third kappa shape index (κ3) is 3.10. The summed E-state index contributed by atoms with van der Waals surface area (Å²) in [4.78, 5) is 0.249. The molecule has 1 aromatic carbocycles. The molecular weight excluding hydrogens is 250 g/mol. The van der Waals surface area contributed by atoms with Crippen molar-refractivity contribution in [2.75, 3.05) is 19.5 Å². The second-order valence-corrected chi connectivity index (χ2v) is 5.33. The molecule has 0 saturated heterocycles. The number of hydrogen-bond donors (Lipinski definition) is 1. The van der Waals surface area contributed by atoms with Crippen LogP contribution in [0, 0.1) is 6.92 Å². The summed E-state index contributed by atoms with van der Waals surface area (Å²) in [7, 11) is -1.93. The number of alkyl halides is 1. The lowest BCUT2D eigenvalue weighted by atomic mass is 10.2. The first kappa shape index (κ1) is 13.3. The molecule has 0 unspecified atom stereocenters. The van der Waals surface area contributed by atoms with Gasteiger partial charge in [-0.1, -0.05) is 0 Å². The fraction of sp³-hybridized carbons (Fsp3) is 0.400. The number of ether oxygens (including phenoxy) is 1. The highest BCUT2D eigenvalue weighted by atomic mass is 35.5. The van der Waals surface area contributed by atoms with Crippen LogP contribution in [0.5, 0.6) is 5.75 Å². The van der Waals surface area contributed by atoms with Crippen LogP contribution in [0.3, 0.4) is 0 Å². The van der Waals surface area contributed by atoms with Gasteiger partial charge < -0.3 is 4.74 Å². The van der Waals surface area contributed by atoms with Gasteiger partial charge in [0, 0.05) is 12.4 Å². The van der Waals surface area contributed by atoms with Gasteiger partial charge in [0.2, 0.25) is 10.0 Å². The van der Waals surface area contributed by atoms with E-state index in [1.165, 1.54) is 13.2 Å². The molecule has 6 heteroatoms. The van der Waals surface area contributed by atoms with Gasteiger partial charge in [-0.05, 0) is 30.7 Å². The van der Waals surface area contributed by atoms with E-state index in [4.69, 9.17) is 16.3 Å². The van der Waals surface area contributed by atoms with Gasteiger partial charge in [-0.25, -0.2) is 13.1 Å². The molecule has 1 rings (SSSR count). The molecular formula is C10H14ClNO3S. The molecule has 0 spiro atoms. The van der Waals surface area contributed by atoms with Crippen molar-refractivity contribution in [3.63, 3.8) is 0 Å². The molecule has 0 bridgehead atoms. The number of methoxy groups -OCH3 is 1. The summed E-state index contributed by atoms with van der Waals surface area (Å²) in [5.74, 6) is 0.878. The van der Waals surface area contributed by atoms with Gasteiger partial charge in [0.15, 0.2) is 0 Å². The fourth-order valence-electron chi connectivity index (χ4n) is 1.30. The van der Waals surface area contributed by atoms with Crippen molar-refractivity contribution in [2.24, 2.45) is 0 Å². The molecule has 1 N–H and O–H groups in total. The molecule has 0 aliphatic heterocycles. The smallest absolute Gasteiger partial charge is 0.240 e. The van der Waals surface area contributed by atoms with Crippen LogP contribution in [0.25, 0.3) is 0 Å². The number of rotatable bonds is 5. The molecule has 16 heavy (non-hydrogen) atoms. The van der Waals surface area contributed by atoms with Crippen LogP contribution in [0.2, 0.25) is 0 Å². The molecule has 90 valence electrons. The maximum Gasteiger partial charge on any atom is 0.240 e. The number of nitrogens with one attached hydrogen (secondary N) is 1. The lowest BCUT2D eigenvalue weighted by Gasteiger charge is -2.09. The number of benzene rings is 1. The Labute approximate surface area is 101 Å². The van der Waals surface area contributed by atoms with Gasteiger partial charge in [0.05, 0.1) is 12.0 Å². The average Bonchev–Trinajstić information content (AvgIpc) is 2.25. The van der Waals surface area contributed by atoms with E-state index < -0.39 is 10.0 Å². The van der Waals surface area contributed by atoms with E-state index in [0.717, 1.165) is 0 Å². The van der Waals surface area contributed by atoms with E-state index >= 15 is 0 Å². The highest BCUT2D eigenvalue weighted by Crippen LogP contribution is 2.20. The van der Waals surface area contributed by atoms with Crippen LogP contribution >= 0.6 is 11.6 Å². The van der Waals surface area contributed by atoms with Crippen LogP contribution in [0.15, 0.2) is 23.1 Å². The maximum absolute atomic E-state index is 11.8. The zero-order valence-corrected chi connectivity index (χ0v) is 10.7. The minimum Gasteiger partial charge on any atom is -0.497 e. The van der Waals surface area contributed by atoms with Gasteiger partial charge in [0.1, 0.15) is 5.75 Å². The zero-order chi connectivity index (χ0) is 12.2. The topological polar surface area (TPSA) is 55.4 Å². The molecule has 0 radical (unpaired) electrons. The standard InChI is InChI=1S/C10H14ClNO3S/c1-8-7-9(15-2)3-4-10(8)16(13,14)12-6-5-11/h3-4,7,12H,5-6H2,1-2H3. The molecule has 0 atom stereocenters. The van der Waals surface area contributed by atoms with E-state index in [0.29, 0.717) is 11.3 Å². The summed E-state index contributed by atoms with van der Waals surface area (Å²) in [6.45, 7) is 1.94. The van der Waals surface area contributed by atoms with E-state index in [1.54, 1.807) is 19.1 Å². The minimum atomic E-state index is -3.47. The molecule has 1 aromatic rings. The van der Waals surface area contributed by atoms with Crippen molar-refractivity contribution in [3.05, 3.63) is 23.8 Å². The summed E-state index contributed by atoms with van der Waals surface area (Å²) >= 11 is 5.44. The van der Waals surface area contributed by atoms with Gasteiger partial charge in [0.25, 0.3) is 0 Å². The Morgan fingerprint density at radius 3 is 2.62 bits per heavy atom. The number of aryl methyl sites for hydroxylation is 1. The Balaban J connectivity index is 3.04. The molecule has 0 aromatic heterocycles. The van der Waals surface area contributed by atoms with Gasteiger partial charge in [-0.15, -0.1) is 11.6 Å². The predicted octanol–water partition coefficient (Wildman–Crippen LogP) is 1.52. The zero-order valence-electron chi connectivity index (χ0n) is 9.16. The molecule has 0 aliphatic rings. The first-order chi connectivity index (χ1) is 7.51. The minimum absolute atomic E-state index is 0.218. The second-order valence-electron chi connectivity index (χ2n) is 3.22. The number of hydrogen-bond acceptors (Lipinski definition) is 3. The highest BCUT2D eigenvalue weighted by molar-refractivity contribution is 7.89. The number of sulfonamides is 1. The maximum atomic E-state index is 11.8. The molecule has 0 amide bonds. The summed E-state index contributed by atoms with van der Waals surface area (Å²) < 4.78 is 31.0. The van der Waals surface area contributed by atoms with Crippen molar-refractivity contribution >= 4 is 21.6 Å². The van der Waals surface area contributed by atoms with Crippen LogP contribution < -0.4 is 9.46 Å². The van der Waals surface area contributed by atoms with E-state index in [2.05, 4.69) is 4.72 Å². The Morgan fingerprint density at radius 1 is 1.44 bits per heavy atom. The first-order valence-electron chi connectivity index (χ1n) is 4.71. The Bertz CT molecular complexity index is 459. The fourth-order valence-corrected chi connectivity index (χ4v) is 2.76. The normalized spacial score (nSPS) is 11.4. The van der Waals surface area contributed by atoms with Crippen molar-refractivity contribution in [1.82, 2.24) is 4.72 Å². The van der Waals surface area contributed by atoms with Crippen LogP contribution in [-0.2, 0) is 10.0 Å². The lowest BCUT2D eigenvalue weighted by molar-refractivity contribution is 0.414. The first-order valence-corrected chi connectivity index (χ1v) is 6.73. The Morgan fingerprint density at radius 2 is 2.12 bits per heavy atom. The third-order valence-electron chi connectivity index (χ3n) is 2.06. The van der Waals surface area contributed by atoms with Gasteiger partial charge in [-0.3, -0.25) is 0 Å². The molecule has 0 saturated carbocycles. The summed E-state index contributed by atoms with van der Waals surface area (Å²) in [6.07, 6.45) is 0. The van der Waals surface area contributed by atoms with Gasteiger partial charge in [-0.2, -0.15) is 0 Å². The molecule has 0 fully saturated rings. The molecule has 0 aliphatic carbocycles. The number of halogens is 1. The predicted molar refractivity (Wildman–Crippen MR) is 63.6 cm³/mol. The van der Waals surface area contributed by atoms with Gasteiger partial charge >= 0.3 is 0 Å². The molecule has 4 nitrogen and oxygen atoms in total. The lowest BCUT2D eigenvalue weighted by Crippen LogP contribution is -2.26. The van der Waals surface area contributed by atoms with Crippen molar-refractivity contribution < 1.29 is 13.2 Å².